The Morgan fingerprint density at radius 2 is 2.07 bits per heavy atom. The first-order valence-electron chi connectivity index (χ1n) is 5.97. The van der Waals surface area contributed by atoms with Crippen molar-refractivity contribution in [2.75, 3.05) is 0 Å². The minimum absolute atomic E-state index is 0.709. The normalized spacial score (nSPS) is 21.2. The molecule has 15 heavy (non-hydrogen) atoms. The van der Waals surface area contributed by atoms with Crippen molar-refractivity contribution in [3.8, 4) is 0 Å². The Morgan fingerprint density at radius 3 is 2.80 bits per heavy atom. The van der Waals surface area contributed by atoms with Crippen molar-refractivity contribution >= 4 is 11.6 Å². The zero-order chi connectivity index (χ0) is 10.8. The van der Waals surface area contributed by atoms with Crippen molar-refractivity contribution in [1.82, 2.24) is 0 Å². The number of aryl methyl sites for hydroxylation is 1. The molecule has 1 unspecified atom stereocenters. The molecule has 0 saturated heterocycles. The van der Waals surface area contributed by atoms with Crippen molar-refractivity contribution in [2.45, 2.75) is 45.4 Å². The van der Waals surface area contributed by atoms with Gasteiger partial charge in [0.1, 0.15) is 0 Å². The van der Waals surface area contributed by atoms with Crippen LogP contribution in [0.2, 0.25) is 5.02 Å². The maximum Gasteiger partial charge on any atom is 0.0409 e. The van der Waals surface area contributed by atoms with Crippen LogP contribution < -0.4 is 0 Å². The van der Waals surface area contributed by atoms with Gasteiger partial charge in [0.15, 0.2) is 0 Å². The van der Waals surface area contributed by atoms with Gasteiger partial charge >= 0.3 is 0 Å². The number of hydrogen-bond acceptors (Lipinski definition) is 0. The fourth-order valence-corrected chi connectivity index (χ4v) is 2.85. The molecule has 1 aliphatic carbocycles. The molecule has 0 aliphatic heterocycles. The maximum absolute atomic E-state index is 6.10. The van der Waals surface area contributed by atoms with Crippen molar-refractivity contribution < 1.29 is 0 Å². The lowest BCUT2D eigenvalue weighted by Crippen LogP contribution is -2.07. The predicted octanol–water partition coefficient (Wildman–Crippen LogP) is 4.81. The van der Waals surface area contributed by atoms with E-state index in [2.05, 4.69) is 26.0 Å². The van der Waals surface area contributed by atoms with Crippen LogP contribution in [0.15, 0.2) is 18.2 Å². The van der Waals surface area contributed by atoms with Crippen molar-refractivity contribution in [2.24, 2.45) is 5.92 Å². The molecule has 0 N–H and O–H groups in total. The van der Waals surface area contributed by atoms with Gasteiger partial charge in [0.25, 0.3) is 0 Å². The van der Waals surface area contributed by atoms with Crippen molar-refractivity contribution in [3.05, 3.63) is 34.3 Å². The van der Waals surface area contributed by atoms with Crippen LogP contribution >= 0.6 is 11.6 Å². The Labute approximate surface area is 97.6 Å². The third-order valence-electron chi connectivity index (χ3n) is 3.52. The lowest BCUT2D eigenvalue weighted by molar-refractivity contribution is 0.460. The molecular weight excluding hydrogens is 204 g/mol. The van der Waals surface area contributed by atoms with Gasteiger partial charge < -0.3 is 0 Å². The maximum atomic E-state index is 6.10. The largest absolute Gasteiger partial charge is 0.0843 e. The lowest BCUT2D eigenvalue weighted by atomic mass is 9.84. The van der Waals surface area contributed by atoms with Crippen LogP contribution in [0.1, 0.15) is 50.2 Å². The molecule has 1 aromatic carbocycles. The molecule has 0 radical (unpaired) electrons. The molecule has 0 aromatic heterocycles. The monoisotopic (exact) mass is 222 g/mol. The van der Waals surface area contributed by atoms with E-state index < -0.39 is 0 Å². The molecule has 0 amide bonds. The van der Waals surface area contributed by atoms with Crippen LogP contribution in [0, 0.1) is 5.92 Å². The molecule has 0 saturated carbocycles. The average molecular weight is 223 g/mol. The molecule has 0 spiro atoms. The summed E-state index contributed by atoms with van der Waals surface area (Å²) in [5.41, 5.74) is 3.03. The highest BCUT2D eigenvalue weighted by molar-refractivity contribution is 6.30. The van der Waals surface area contributed by atoms with E-state index in [1.165, 1.54) is 36.8 Å². The lowest BCUT2D eigenvalue weighted by Gasteiger charge is -2.21. The molecule has 82 valence electrons. The number of halogens is 1. The second-order valence-corrected chi connectivity index (χ2v) is 5.38. The highest BCUT2D eigenvalue weighted by Gasteiger charge is 2.21. The zero-order valence-electron chi connectivity index (χ0n) is 9.59. The third-order valence-corrected chi connectivity index (χ3v) is 3.76. The molecule has 0 fully saturated rings. The molecular formula is C14H19Cl. The summed E-state index contributed by atoms with van der Waals surface area (Å²) in [5.74, 6) is 1.43. The van der Waals surface area contributed by atoms with E-state index in [1.807, 2.05) is 6.07 Å². The van der Waals surface area contributed by atoms with Gasteiger partial charge in [-0.3, -0.25) is 0 Å². The fourth-order valence-electron chi connectivity index (χ4n) is 2.67. The van der Waals surface area contributed by atoms with Gasteiger partial charge in [0.2, 0.25) is 0 Å². The van der Waals surface area contributed by atoms with E-state index in [9.17, 15) is 0 Å². The quantitative estimate of drug-likeness (QED) is 0.599. The molecule has 1 aliphatic rings. The Hall–Kier alpha value is -0.490. The fraction of sp³-hybridized carbons (Fsp3) is 0.571. The molecule has 0 heterocycles. The third kappa shape index (κ3) is 2.36. The van der Waals surface area contributed by atoms with Crippen LogP contribution in [-0.2, 0) is 6.42 Å². The summed E-state index contributed by atoms with van der Waals surface area (Å²) < 4.78 is 0. The van der Waals surface area contributed by atoms with Gasteiger partial charge in [-0.05, 0) is 54.4 Å². The van der Waals surface area contributed by atoms with Crippen LogP contribution in [-0.4, -0.2) is 0 Å². The molecule has 1 heteroatoms. The Balaban J connectivity index is 2.42. The van der Waals surface area contributed by atoms with Gasteiger partial charge in [-0.1, -0.05) is 37.9 Å². The Bertz CT molecular complexity index is 341. The standard InChI is InChI=1S/C14H19Cl/c1-10(2)13-6-4-3-5-11-7-8-12(15)9-14(11)13/h7-10,13H,3-6H2,1-2H3. The van der Waals surface area contributed by atoms with E-state index in [1.54, 1.807) is 0 Å². The van der Waals surface area contributed by atoms with Crippen LogP contribution in [0.4, 0.5) is 0 Å². The number of rotatable bonds is 1. The summed E-state index contributed by atoms with van der Waals surface area (Å²) in [5, 5.41) is 0.890. The van der Waals surface area contributed by atoms with Crippen LogP contribution in [0.5, 0.6) is 0 Å². The van der Waals surface area contributed by atoms with E-state index in [-0.39, 0.29) is 0 Å². The van der Waals surface area contributed by atoms with Gasteiger partial charge in [0.05, 0.1) is 0 Å². The van der Waals surface area contributed by atoms with Crippen LogP contribution in [0.3, 0.4) is 0 Å². The number of benzene rings is 1. The van der Waals surface area contributed by atoms with Gasteiger partial charge in [-0.2, -0.15) is 0 Å². The minimum atomic E-state index is 0.709. The molecule has 1 atom stereocenters. The Morgan fingerprint density at radius 1 is 1.27 bits per heavy atom. The second kappa shape index (κ2) is 4.57. The summed E-state index contributed by atoms with van der Waals surface area (Å²) in [6.07, 6.45) is 5.24. The zero-order valence-corrected chi connectivity index (χ0v) is 10.3. The highest BCUT2D eigenvalue weighted by atomic mass is 35.5. The Kier molecular flexibility index (Phi) is 3.35. The van der Waals surface area contributed by atoms with Crippen molar-refractivity contribution in [3.63, 3.8) is 0 Å². The van der Waals surface area contributed by atoms with E-state index >= 15 is 0 Å². The summed E-state index contributed by atoms with van der Waals surface area (Å²) >= 11 is 6.10. The molecule has 1 aromatic rings. The summed E-state index contributed by atoms with van der Waals surface area (Å²) in [7, 11) is 0. The molecule has 0 bridgehead atoms. The first-order chi connectivity index (χ1) is 7.18. The van der Waals surface area contributed by atoms with Gasteiger partial charge in [0, 0.05) is 5.02 Å². The first kappa shape index (κ1) is 11.0. The number of fused-ring (bicyclic) bond motifs is 1. The summed E-state index contributed by atoms with van der Waals surface area (Å²) in [6.45, 7) is 4.64. The van der Waals surface area contributed by atoms with Crippen LogP contribution in [0.25, 0.3) is 0 Å². The molecule has 2 rings (SSSR count). The smallest absolute Gasteiger partial charge is 0.0409 e. The summed E-state index contributed by atoms with van der Waals surface area (Å²) in [4.78, 5) is 0. The minimum Gasteiger partial charge on any atom is -0.0843 e. The predicted molar refractivity (Wildman–Crippen MR) is 66.6 cm³/mol. The van der Waals surface area contributed by atoms with Gasteiger partial charge in [-0.25, -0.2) is 0 Å². The highest BCUT2D eigenvalue weighted by Crippen LogP contribution is 2.36. The van der Waals surface area contributed by atoms with Gasteiger partial charge in [-0.15, -0.1) is 0 Å². The van der Waals surface area contributed by atoms with E-state index in [0.717, 1.165) is 10.9 Å². The molecule has 0 nitrogen and oxygen atoms in total. The SMILES string of the molecule is CC(C)C1CCCCc2ccc(Cl)cc21. The van der Waals surface area contributed by atoms with E-state index in [0.29, 0.717) is 5.92 Å². The second-order valence-electron chi connectivity index (χ2n) is 4.94. The van der Waals surface area contributed by atoms with Crippen molar-refractivity contribution in [1.29, 1.82) is 0 Å². The summed E-state index contributed by atoms with van der Waals surface area (Å²) in [6, 6.07) is 6.44. The number of hydrogen-bond donors (Lipinski definition) is 0. The van der Waals surface area contributed by atoms with E-state index in [4.69, 9.17) is 11.6 Å². The first-order valence-corrected chi connectivity index (χ1v) is 6.34. The average Bonchev–Trinajstić information content (AvgIpc) is 2.39. The topological polar surface area (TPSA) is 0 Å².